The zero-order chi connectivity index (χ0) is 16.2. The van der Waals surface area contributed by atoms with Crippen LogP contribution in [0.15, 0.2) is 89.9 Å². The average molecular weight is 312 g/mol. The first kappa shape index (κ1) is 14.3. The lowest BCUT2D eigenvalue weighted by Gasteiger charge is -2.08. The van der Waals surface area contributed by atoms with Crippen molar-refractivity contribution in [3.63, 3.8) is 0 Å². The normalized spacial score (nSPS) is 11.8. The lowest BCUT2D eigenvalue weighted by atomic mass is 10.2. The zero-order valence-corrected chi connectivity index (χ0v) is 13.1. The maximum atomic E-state index is 4.83. The van der Waals surface area contributed by atoms with Gasteiger partial charge in [-0.25, -0.2) is 0 Å². The van der Waals surface area contributed by atoms with Crippen LogP contribution in [0.3, 0.4) is 0 Å². The SMILES string of the molecule is c1ccc(CN=C(c2ccccc2)n2nnc3ccccc32)cc1. The van der Waals surface area contributed by atoms with Gasteiger partial charge in [0.2, 0.25) is 0 Å². The summed E-state index contributed by atoms with van der Waals surface area (Å²) < 4.78 is 1.81. The fourth-order valence-electron chi connectivity index (χ4n) is 2.64. The van der Waals surface area contributed by atoms with Crippen molar-refractivity contribution >= 4 is 16.9 Å². The fourth-order valence-corrected chi connectivity index (χ4v) is 2.64. The van der Waals surface area contributed by atoms with Crippen molar-refractivity contribution in [1.82, 2.24) is 15.0 Å². The first-order chi connectivity index (χ1) is 11.9. The molecule has 0 N–H and O–H groups in total. The predicted octanol–water partition coefficient (Wildman–Crippen LogP) is 3.93. The molecule has 4 aromatic rings. The highest BCUT2D eigenvalue weighted by Gasteiger charge is 2.11. The number of nitrogens with zero attached hydrogens (tertiary/aromatic N) is 4. The van der Waals surface area contributed by atoms with Gasteiger partial charge in [0.25, 0.3) is 0 Å². The van der Waals surface area contributed by atoms with Crippen LogP contribution in [0, 0.1) is 0 Å². The number of benzene rings is 3. The van der Waals surface area contributed by atoms with Gasteiger partial charge in [-0.2, -0.15) is 4.68 Å². The molecule has 0 spiro atoms. The Kier molecular flexibility index (Phi) is 3.86. The highest BCUT2D eigenvalue weighted by molar-refractivity contribution is 6.03. The molecule has 116 valence electrons. The quantitative estimate of drug-likeness (QED) is 0.425. The second-order valence-corrected chi connectivity index (χ2v) is 5.48. The smallest absolute Gasteiger partial charge is 0.158 e. The predicted molar refractivity (Wildman–Crippen MR) is 96.1 cm³/mol. The van der Waals surface area contributed by atoms with Crippen LogP contribution in [0.5, 0.6) is 0 Å². The van der Waals surface area contributed by atoms with Crippen molar-refractivity contribution in [2.24, 2.45) is 4.99 Å². The molecule has 4 heteroatoms. The summed E-state index contributed by atoms with van der Waals surface area (Å²) in [6.45, 7) is 0.596. The van der Waals surface area contributed by atoms with Crippen LogP contribution < -0.4 is 0 Å². The minimum absolute atomic E-state index is 0.596. The topological polar surface area (TPSA) is 43.1 Å². The van der Waals surface area contributed by atoms with Gasteiger partial charge in [0.05, 0.1) is 12.1 Å². The lowest BCUT2D eigenvalue weighted by molar-refractivity contribution is 0.851. The Morgan fingerprint density at radius 2 is 1.46 bits per heavy atom. The Morgan fingerprint density at radius 3 is 2.25 bits per heavy atom. The standard InChI is InChI=1S/C20H16N4/c1-3-9-16(10-4-1)15-21-20(17-11-5-2-6-12-17)24-19-14-8-7-13-18(19)22-23-24/h1-14H,15H2. The number of aliphatic imine (C=N–C) groups is 1. The van der Waals surface area contributed by atoms with E-state index in [1.165, 1.54) is 0 Å². The molecular formula is C20H16N4. The average Bonchev–Trinajstić information content (AvgIpc) is 3.08. The number of para-hydroxylation sites is 1. The van der Waals surface area contributed by atoms with E-state index in [0.29, 0.717) is 6.54 Å². The fraction of sp³-hybridized carbons (Fsp3) is 0.0500. The lowest BCUT2D eigenvalue weighted by Crippen LogP contribution is -2.15. The molecule has 0 fully saturated rings. The Bertz CT molecular complexity index is 972. The van der Waals surface area contributed by atoms with Crippen LogP contribution in [0.1, 0.15) is 11.1 Å². The van der Waals surface area contributed by atoms with Crippen molar-refractivity contribution in [2.45, 2.75) is 6.54 Å². The largest absolute Gasteiger partial charge is 0.261 e. The number of hydrogen-bond donors (Lipinski definition) is 0. The van der Waals surface area contributed by atoms with Gasteiger partial charge in [-0.3, -0.25) is 4.99 Å². The third-order valence-electron chi connectivity index (χ3n) is 3.84. The summed E-state index contributed by atoms with van der Waals surface area (Å²) >= 11 is 0. The van der Waals surface area contributed by atoms with E-state index in [-0.39, 0.29) is 0 Å². The summed E-state index contributed by atoms with van der Waals surface area (Å²) in [5.41, 5.74) is 3.99. The second kappa shape index (κ2) is 6.46. The van der Waals surface area contributed by atoms with E-state index in [9.17, 15) is 0 Å². The minimum Gasteiger partial charge on any atom is -0.261 e. The van der Waals surface area contributed by atoms with Crippen molar-refractivity contribution in [3.8, 4) is 0 Å². The first-order valence-electron chi connectivity index (χ1n) is 7.86. The van der Waals surface area contributed by atoms with Gasteiger partial charge in [-0.15, -0.1) is 5.10 Å². The van der Waals surface area contributed by atoms with Crippen molar-refractivity contribution < 1.29 is 0 Å². The number of aromatic nitrogens is 3. The Balaban J connectivity index is 1.82. The molecule has 0 radical (unpaired) electrons. The Morgan fingerprint density at radius 1 is 0.792 bits per heavy atom. The van der Waals surface area contributed by atoms with Gasteiger partial charge >= 0.3 is 0 Å². The zero-order valence-electron chi connectivity index (χ0n) is 13.1. The van der Waals surface area contributed by atoms with Crippen molar-refractivity contribution in [2.75, 3.05) is 0 Å². The van der Waals surface area contributed by atoms with E-state index in [1.807, 2.05) is 77.5 Å². The molecule has 24 heavy (non-hydrogen) atoms. The van der Waals surface area contributed by atoms with Crippen LogP contribution in [-0.4, -0.2) is 20.8 Å². The van der Waals surface area contributed by atoms with Crippen LogP contribution in [0.25, 0.3) is 11.0 Å². The molecule has 0 amide bonds. The van der Waals surface area contributed by atoms with E-state index in [1.54, 1.807) is 0 Å². The molecule has 4 rings (SSSR count). The number of fused-ring (bicyclic) bond motifs is 1. The van der Waals surface area contributed by atoms with Crippen LogP contribution in [0.2, 0.25) is 0 Å². The van der Waals surface area contributed by atoms with Crippen molar-refractivity contribution in [3.05, 3.63) is 96.1 Å². The highest BCUT2D eigenvalue weighted by atomic mass is 15.4. The molecule has 0 saturated heterocycles. The molecule has 0 atom stereocenters. The maximum Gasteiger partial charge on any atom is 0.158 e. The summed E-state index contributed by atoms with van der Waals surface area (Å²) in [5, 5.41) is 8.57. The monoisotopic (exact) mass is 312 g/mol. The van der Waals surface area contributed by atoms with Crippen LogP contribution >= 0.6 is 0 Å². The van der Waals surface area contributed by atoms with Gasteiger partial charge in [-0.05, 0) is 17.7 Å². The van der Waals surface area contributed by atoms with Gasteiger partial charge in [0.1, 0.15) is 5.52 Å². The minimum atomic E-state index is 0.596. The molecule has 3 aromatic carbocycles. The summed E-state index contributed by atoms with van der Waals surface area (Å²) in [4.78, 5) is 4.83. The van der Waals surface area contributed by atoms with E-state index in [4.69, 9.17) is 4.99 Å². The van der Waals surface area contributed by atoms with Gasteiger partial charge in [0.15, 0.2) is 5.84 Å². The maximum absolute atomic E-state index is 4.83. The molecule has 4 nitrogen and oxygen atoms in total. The molecule has 0 aliphatic heterocycles. The van der Waals surface area contributed by atoms with E-state index >= 15 is 0 Å². The van der Waals surface area contributed by atoms with Gasteiger partial charge < -0.3 is 0 Å². The molecule has 0 bridgehead atoms. The van der Waals surface area contributed by atoms with Crippen LogP contribution in [0.4, 0.5) is 0 Å². The Labute approximate surface area is 140 Å². The molecular weight excluding hydrogens is 296 g/mol. The summed E-state index contributed by atoms with van der Waals surface area (Å²) in [6.07, 6.45) is 0. The Hall–Kier alpha value is -3.27. The number of rotatable bonds is 3. The molecule has 1 heterocycles. The molecule has 0 unspecified atom stereocenters. The molecule has 0 aliphatic rings. The summed E-state index contributed by atoms with van der Waals surface area (Å²) in [7, 11) is 0. The van der Waals surface area contributed by atoms with Gasteiger partial charge in [0, 0.05) is 5.56 Å². The van der Waals surface area contributed by atoms with Crippen molar-refractivity contribution in [1.29, 1.82) is 0 Å². The van der Waals surface area contributed by atoms with E-state index in [0.717, 1.165) is 28.0 Å². The third kappa shape index (κ3) is 2.82. The van der Waals surface area contributed by atoms with Crippen LogP contribution in [-0.2, 0) is 6.54 Å². The molecule has 0 saturated carbocycles. The second-order valence-electron chi connectivity index (χ2n) is 5.48. The highest BCUT2D eigenvalue weighted by Crippen LogP contribution is 2.14. The number of hydrogen-bond acceptors (Lipinski definition) is 3. The van der Waals surface area contributed by atoms with Gasteiger partial charge in [-0.1, -0.05) is 78.0 Å². The molecule has 0 aliphatic carbocycles. The summed E-state index contributed by atoms with van der Waals surface area (Å²) in [6, 6.07) is 28.2. The summed E-state index contributed by atoms with van der Waals surface area (Å²) in [5.74, 6) is 0.799. The third-order valence-corrected chi connectivity index (χ3v) is 3.84. The van der Waals surface area contributed by atoms with E-state index < -0.39 is 0 Å². The molecule has 1 aromatic heterocycles. The first-order valence-corrected chi connectivity index (χ1v) is 7.86. The van der Waals surface area contributed by atoms with E-state index in [2.05, 4.69) is 22.4 Å².